The molecule has 5 N–H and O–H groups in total. The van der Waals surface area contributed by atoms with E-state index in [2.05, 4.69) is 37.0 Å². The van der Waals surface area contributed by atoms with Gasteiger partial charge in [-0.1, -0.05) is 11.6 Å². The summed E-state index contributed by atoms with van der Waals surface area (Å²) in [5.41, 5.74) is 12.8. The number of nitrogens with one attached hydrogen (secondary N) is 1. The van der Waals surface area contributed by atoms with Gasteiger partial charge < -0.3 is 21.1 Å². The van der Waals surface area contributed by atoms with Gasteiger partial charge in [-0.25, -0.2) is 15.0 Å². The van der Waals surface area contributed by atoms with Gasteiger partial charge in [0.25, 0.3) is 5.88 Å². The zero-order valence-corrected chi connectivity index (χ0v) is 15.0. The number of piperidine rings is 1. The second kappa shape index (κ2) is 6.26. The minimum Gasteiger partial charge on any atom is -0.434 e. The fourth-order valence-corrected chi connectivity index (χ4v) is 3.02. The summed E-state index contributed by atoms with van der Waals surface area (Å²) in [4.78, 5) is 15.1. The molecule has 1 aliphatic rings. The molecule has 26 heavy (non-hydrogen) atoms. The van der Waals surface area contributed by atoms with Crippen LogP contribution in [-0.2, 0) is 0 Å². The molecule has 10 heteroatoms. The first-order valence-corrected chi connectivity index (χ1v) is 8.63. The van der Waals surface area contributed by atoms with E-state index in [1.54, 1.807) is 12.3 Å². The lowest BCUT2D eigenvalue weighted by molar-refractivity contribution is 0.363. The van der Waals surface area contributed by atoms with Crippen LogP contribution in [0.15, 0.2) is 18.5 Å². The van der Waals surface area contributed by atoms with Gasteiger partial charge in [0.15, 0.2) is 16.9 Å². The lowest BCUT2D eigenvalue weighted by atomic mass is 9.91. The highest BCUT2D eigenvalue weighted by molar-refractivity contribution is 6.34. The van der Waals surface area contributed by atoms with Crippen LogP contribution in [0.1, 0.15) is 19.8 Å². The zero-order valence-electron chi connectivity index (χ0n) is 14.2. The number of aromatic amines is 1. The number of nitrogens with two attached hydrogens (primary N) is 2. The summed E-state index contributed by atoms with van der Waals surface area (Å²) < 4.78 is 5.73. The van der Waals surface area contributed by atoms with E-state index in [-0.39, 0.29) is 22.3 Å². The number of hydrogen-bond acceptors (Lipinski definition) is 8. The number of anilines is 2. The van der Waals surface area contributed by atoms with Gasteiger partial charge in [0, 0.05) is 30.9 Å². The van der Waals surface area contributed by atoms with Gasteiger partial charge in [0.1, 0.15) is 16.7 Å². The number of aromatic nitrogens is 5. The highest BCUT2D eigenvalue weighted by atomic mass is 35.5. The van der Waals surface area contributed by atoms with Gasteiger partial charge >= 0.3 is 0 Å². The molecule has 1 aliphatic heterocycles. The Kier molecular flexibility index (Phi) is 4.04. The average Bonchev–Trinajstić information content (AvgIpc) is 3.01. The molecule has 1 fully saturated rings. The molecule has 3 aromatic rings. The Morgan fingerprint density at radius 1 is 1.31 bits per heavy atom. The van der Waals surface area contributed by atoms with E-state index in [0.29, 0.717) is 16.9 Å². The number of nitrogens with zero attached hydrogens (tertiary/aromatic N) is 5. The van der Waals surface area contributed by atoms with E-state index in [0.717, 1.165) is 31.7 Å². The normalized spacial score (nSPS) is 16.8. The molecule has 4 rings (SSSR count). The zero-order chi connectivity index (χ0) is 18.3. The number of H-pyrrole nitrogens is 1. The second-order valence-corrected chi connectivity index (χ2v) is 7.08. The SMILES string of the molecule is CC1(N)CCN(c2cnc3c(Oc4ccnc(N)c4Cl)n[nH]c3n2)CC1. The van der Waals surface area contributed by atoms with Crippen molar-refractivity contribution in [3.63, 3.8) is 0 Å². The van der Waals surface area contributed by atoms with Crippen molar-refractivity contribution < 1.29 is 4.74 Å². The van der Waals surface area contributed by atoms with Gasteiger partial charge in [-0.05, 0) is 19.8 Å². The highest BCUT2D eigenvalue weighted by Crippen LogP contribution is 2.33. The maximum Gasteiger partial charge on any atom is 0.266 e. The Balaban J connectivity index is 1.59. The summed E-state index contributed by atoms with van der Waals surface area (Å²) >= 11 is 6.11. The molecule has 0 bridgehead atoms. The van der Waals surface area contributed by atoms with Gasteiger partial charge in [-0.3, -0.25) is 5.10 Å². The van der Waals surface area contributed by atoms with E-state index in [4.69, 9.17) is 27.8 Å². The molecule has 0 radical (unpaired) electrons. The average molecular weight is 375 g/mol. The van der Waals surface area contributed by atoms with Crippen LogP contribution in [0, 0.1) is 0 Å². The van der Waals surface area contributed by atoms with Gasteiger partial charge in [0.2, 0.25) is 0 Å². The predicted molar refractivity (Wildman–Crippen MR) is 99.5 cm³/mol. The van der Waals surface area contributed by atoms with Crippen LogP contribution in [0.4, 0.5) is 11.6 Å². The molecule has 0 aromatic carbocycles. The number of pyridine rings is 1. The molecule has 3 aromatic heterocycles. The molecule has 0 unspecified atom stereocenters. The molecular weight excluding hydrogens is 356 g/mol. The molecule has 0 amide bonds. The monoisotopic (exact) mass is 374 g/mol. The van der Waals surface area contributed by atoms with E-state index in [1.165, 1.54) is 6.20 Å². The van der Waals surface area contributed by atoms with Crippen LogP contribution in [0.3, 0.4) is 0 Å². The van der Waals surface area contributed by atoms with Gasteiger partial charge in [0.05, 0.1) is 6.20 Å². The Morgan fingerprint density at radius 3 is 2.85 bits per heavy atom. The number of rotatable bonds is 3. The van der Waals surface area contributed by atoms with Gasteiger partial charge in [-0.15, -0.1) is 5.10 Å². The number of hydrogen-bond donors (Lipinski definition) is 3. The van der Waals surface area contributed by atoms with Crippen LogP contribution >= 0.6 is 11.6 Å². The fourth-order valence-electron chi connectivity index (χ4n) is 2.87. The highest BCUT2D eigenvalue weighted by Gasteiger charge is 2.27. The summed E-state index contributed by atoms with van der Waals surface area (Å²) in [6, 6.07) is 1.61. The molecule has 0 spiro atoms. The van der Waals surface area contributed by atoms with Crippen molar-refractivity contribution in [1.82, 2.24) is 25.1 Å². The molecular formula is C16H19ClN8O. The molecule has 0 aliphatic carbocycles. The molecule has 0 atom stereocenters. The summed E-state index contributed by atoms with van der Waals surface area (Å²) in [7, 11) is 0. The number of halogens is 1. The first-order valence-electron chi connectivity index (χ1n) is 8.26. The molecule has 136 valence electrons. The van der Waals surface area contributed by atoms with Crippen molar-refractivity contribution in [3.8, 4) is 11.6 Å². The predicted octanol–water partition coefficient (Wildman–Crippen LogP) is 2.09. The van der Waals surface area contributed by atoms with Crippen molar-refractivity contribution in [2.45, 2.75) is 25.3 Å². The van der Waals surface area contributed by atoms with Crippen molar-refractivity contribution in [1.29, 1.82) is 0 Å². The Bertz CT molecular complexity index is 947. The first-order chi connectivity index (χ1) is 12.4. The third kappa shape index (κ3) is 3.11. The third-order valence-corrected chi connectivity index (χ3v) is 4.92. The van der Waals surface area contributed by atoms with Crippen LogP contribution < -0.4 is 21.1 Å². The maximum absolute atomic E-state index is 6.19. The Morgan fingerprint density at radius 2 is 2.08 bits per heavy atom. The Hall–Kier alpha value is -2.65. The van der Waals surface area contributed by atoms with E-state index >= 15 is 0 Å². The number of fused-ring (bicyclic) bond motifs is 1. The number of ether oxygens (including phenoxy) is 1. The van der Waals surface area contributed by atoms with Crippen molar-refractivity contribution in [2.75, 3.05) is 23.7 Å². The smallest absolute Gasteiger partial charge is 0.266 e. The Labute approximate surface area is 154 Å². The lowest BCUT2D eigenvalue weighted by Crippen LogP contribution is -2.48. The standard InChI is InChI=1S/C16H19ClN8O/c1-16(19)3-6-25(7-4-16)10-8-21-12-14(22-10)23-24-15(12)26-9-2-5-20-13(18)11(9)17/h2,5,8H,3-4,6-7,19H2,1H3,(H2,18,20)(H,22,23,24). The van der Waals surface area contributed by atoms with E-state index in [1.807, 2.05) is 0 Å². The minimum absolute atomic E-state index is 0.116. The largest absolute Gasteiger partial charge is 0.434 e. The molecule has 9 nitrogen and oxygen atoms in total. The van der Waals surface area contributed by atoms with Gasteiger partial charge in [-0.2, -0.15) is 0 Å². The van der Waals surface area contributed by atoms with E-state index < -0.39 is 0 Å². The number of nitrogen functional groups attached to an aromatic ring is 1. The summed E-state index contributed by atoms with van der Waals surface area (Å²) in [6.07, 6.45) is 5.04. The van der Waals surface area contributed by atoms with Crippen LogP contribution in [0.5, 0.6) is 11.6 Å². The second-order valence-electron chi connectivity index (χ2n) is 6.71. The fraction of sp³-hybridized carbons (Fsp3) is 0.375. The lowest BCUT2D eigenvalue weighted by Gasteiger charge is -2.37. The summed E-state index contributed by atoms with van der Waals surface area (Å²) in [6.45, 7) is 3.77. The van der Waals surface area contributed by atoms with Crippen LogP contribution in [0.2, 0.25) is 5.02 Å². The molecule has 0 saturated carbocycles. The third-order valence-electron chi connectivity index (χ3n) is 4.54. The quantitative estimate of drug-likeness (QED) is 0.634. The van der Waals surface area contributed by atoms with Crippen molar-refractivity contribution in [2.24, 2.45) is 5.73 Å². The van der Waals surface area contributed by atoms with Crippen molar-refractivity contribution >= 4 is 34.4 Å². The first kappa shape index (κ1) is 16.8. The minimum atomic E-state index is -0.116. The summed E-state index contributed by atoms with van der Waals surface area (Å²) in [5.74, 6) is 1.61. The van der Waals surface area contributed by atoms with Crippen LogP contribution in [0.25, 0.3) is 11.2 Å². The maximum atomic E-state index is 6.19. The van der Waals surface area contributed by atoms with Crippen LogP contribution in [-0.4, -0.2) is 43.8 Å². The molecule has 4 heterocycles. The molecule has 1 saturated heterocycles. The summed E-state index contributed by atoms with van der Waals surface area (Å²) in [5, 5.41) is 7.22. The van der Waals surface area contributed by atoms with Crippen molar-refractivity contribution in [3.05, 3.63) is 23.5 Å². The topological polar surface area (TPSA) is 132 Å². The van der Waals surface area contributed by atoms with E-state index in [9.17, 15) is 0 Å².